The fourth-order valence-corrected chi connectivity index (χ4v) is 5.97. The molecule has 5 N–H and O–H groups in total. The van der Waals surface area contributed by atoms with Crippen molar-refractivity contribution in [2.75, 3.05) is 24.7 Å². The Bertz CT molecular complexity index is 1300. The first-order valence-electron chi connectivity index (χ1n) is 17.1. The van der Waals surface area contributed by atoms with Crippen molar-refractivity contribution in [3.8, 4) is 5.75 Å². The summed E-state index contributed by atoms with van der Waals surface area (Å²) in [6, 6.07) is 5.62. The highest BCUT2D eigenvalue weighted by molar-refractivity contribution is 7.95. The Morgan fingerprint density at radius 1 is 1.12 bits per heavy atom. The fraction of sp³-hybridized carbons (Fsp3) is 0.593. The molecule has 12 nitrogen and oxygen atoms in total. The zero-order valence-corrected chi connectivity index (χ0v) is 25.2. The molecule has 0 bridgehead atoms. The molecule has 2 heterocycles. The Hall–Kier alpha value is -1.56. The maximum atomic E-state index is 13.4. The summed E-state index contributed by atoms with van der Waals surface area (Å²) in [5, 5.41) is 26.9. The third kappa shape index (κ3) is 8.19. The molecule has 0 spiro atoms. The van der Waals surface area contributed by atoms with Gasteiger partial charge in [0.05, 0.1) is 12.6 Å². The van der Waals surface area contributed by atoms with Crippen LogP contribution in [-0.2, 0) is 27.4 Å². The zero-order chi connectivity index (χ0) is 36.4. The van der Waals surface area contributed by atoms with Gasteiger partial charge in [-0.25, -0.2) is 0 Å². The molecular weight excluding hydrogens is 600 g/mol. The Morgan fingerprint density at radius 2 is 1.81 bits per heavy atom. The van der Waals surface area contributed by atoms with E-state index < -0.39 is 82.6 Å². The van der Waals surface area contributed by atoms with Gasteiger partial charge in [-0.1, -0.05) is 18.2 Å². The van der Waals surface area contributed by atoms with Crippen LogP contribution in [0, 0.1) is 0 Å². The number of rotatable bonds is 18. The minimum atomic E-state index is -1.18. The molecule has 236 valence electrons. The number of carbonyl (C=O) groups excluding carboxylic acids is 1. The SMILES string of the molecule is [2H]B([3H])CSO[C@@H]1C(/C(C)=C/CO)O[C@@H](Oc2ccc(/C=C(\C)C(=O)NC3[C@@H](OSCB([2H])[3H])[C@@H]4OCO[C@@H]4[C@H](O[3H])[C@H]3O[3H])cc2)[C@H]1O[3H]. The van der Waals surface area contributed by atoms with E-state index in [0.717, 1.165) is 24.1 Å². The molecule has 0 radical (unpaired) electrons. The van der Waals surface area contributed by atoms with Crippen LogP contribution in [-0.4, -0.2) is 137 Å². The number of nitrogens with one attached hydrogen (secondary N) is 1. The van der Waals surface area contributed by atoms with Crippen LogP contribution in [0.25, 0.3) is 6.08 Å². The van der Waals surface area contributed by atoms with Gasteiger partial charge in [-0.3, -0.25) is 4.79 Å². The summed E-state index contributed by atoms with van der Waals surface area (Å²) in [5.41, 5.74) is 1.60. The van der Waals surface area contributed by atoms with Crippen LogP contribution in [0.3, 0.4) is 0 Å². The number of aliphatic hydroxyl groups is 4. The molecule has 16 heteroatoms. The van der Waals surface area contributed by atoms with Crippen molar-refractivity contribution >= 4 is 51.6 Å². The van der Waals surface area contributed by atoms with Crippen molar-refractivity contribution in [3.63, 3.8) is 0 Å². The van der Waals surface area contributed by atoms with Gasteiger partial charge < -0.3 is 53.1 Å². The first-order valence-corrected chi connectivity index (χ1v) is 15.4. The van der Waals surface area contributed by atoms with Crippen LogP contribution >= 0.6 is 24.1 Å². The van der Waals surface area contributed by atoms with Gasteiger partial charge >= 0.3 is 0 Å². The Morgan fingerprint density at radius 3 is 2.49 bits per heavy atom. The lowest BCUT2D eigenvalue weighted by Gasteiger charge is -2.43. The summed E-state index contributed by atoms with van der Waals surface area (Å²) in [7, 11) is -2.28. The predicted octanol–water partition coefficient (Wildman–Crippen LogP) is -1.30. The second-order valence-corrected chi connectivity index (χ2v) is 11.6. The first-order chi connectivity index (χ1) is 24.0. The summed E-state index contributed by atoms with van der Waals surface area (Å²) in [4.78, 5) is 13.4. The highest BCUT2D eigenvalue weighted by Gasteiger charge is 2.55. The maximum Gasteiger partial charge on any atom is 0.247 e. The van der Waals surface area contributed by atoms with Crippen molar-refractivity contribution in [2.24, 2.45) is 0 Å². The summed E-state index contributed by atoms with van der Waals surface area (Å²) in [5.74, 6) is -0.175. The number of hydrogen-bond acceptors (Lipinski definition) is 13. The minimum absolute atomic E-state index is 0.0106. The predicted molar refractivity (Wildman–Crippen MR) is 167 cm³/mol. The van der Waals surface area contributed by atoms with Gasteiger partial charge in [-0.05, 0) is 83.9 Å². The van der Waals surface area contributed by atoms with Crippen molar-refractivity contribution in [3.05, 3.63) is 47.1 Å². The van der Waals surface area contributed by atoms with E-state index in [9.17, 15) is 9.90 Å². The molecule has 1 aromatic rings. The summed E-state index contributed by atoms with van der Waals surface area (Å²) < 4.78 is 87.5. The normalized spacial score (nSPS) is 36.7. The van der Waals surface area contributed by atoms with Gasteiger partial charge in [-0.15, -0.1) is 0 Å². The van der Waals surface area contributed by atoms with Gasteiger partial charge in [0.15, 0.2) is 0 Å². The molecule has 0 aromatic heterocycles. The molecule has 1 saturated carbocycles. The molecule has 1 aliphatic carbocycles. The monoisotopic (exact) mass is 651 g/mol. The Labute approximate surface area is 271 Å². The molecule has 2 aliphatic heterocycles. The second-order valence-electron chi connectivity index (χ2n) is 10.0. The van der Waals surface area contributed by atoms with Crippen molar-refractivity contribution in [2.45, 2.75) is 75.0 Å². The first kappa shape index (κ1) is 25.6. The van der Waals surface area contributed by atoms with E-state index in [4.69, 9.17) is 52.3 Å². The molecule has 3 fully saturated rings. The van der Waals surface area contributed by atoms with E-state index in [1.165, 1.54) is 6.08 Å². The summed E-state index contributed by atoms with van der Waals surface area (Å²) in [6.45, 7) is 2.94. The Kier molecular flexibility index (Phi) is 9.61. The Balaban J connectivity index is 1.45. The number of amides is 1. The largest absolute Gasteiger partial charge is 0.462 e. The lowest BCUT2D eigenvalue weighted by Crippen LogP contribution is -2.67. The van der Waals surface area contributed by atoms with Crippen LogP contribution in [0.1, 0.15) is 19.4 Å². The smallest absolute Gasteiger partial charge is 0.247 e. The third-order valence-corrected chi connectivity index (χ3v) is 8.21. The number of carbonyl (C=O) groups is 1. The van der Waals surface area contributed by atoms with E-state index in [1.54, 1.807) is 44.2 Å². The molecule has 2 saturated heterocycles. The summed E-state index contributed by atoms with van der Waals surface area (Å²) in [6.07, 6.45) is -5.26. The van der Waals surface area contributed by atoms with Crippen LogP contribution in [0.2, 0.25) is 0 Å². The average molecular weight is 651 g/mol. The lowest BCUT2D eigenvalue weighted by atomic mass is 9.83. The van der Waals surface area contributed by atoms with Crippen molar-refractivity contribution < 1.29 is 52.5 Å². The van der Waals surface area contributed by atoms with Gasteiger partial charge in [0, 0.05) is 5.57 Å². The number of aliphatic hydroxyl groups excluding tert-OH is 4. The zero-order valence-electron chi connectivity index (χ0n) is 30.6. The highest BCUT2D eigenvalue weighted by Crippen LogP contribution is 2.34. The highest BCUT2D eigenvalue weighted by atomic mass is 32.2. The number of ether oxygens (including phenoxy) is 4. The topological polar surface area (TPSA) is 165 Å². The van der Waals surface area contributed by atoms with Crippen LogP contribution in [0.5, 0.6) is 5.75 Å². The standard InChI is InChI=1S/C27H39B2NO11S2/c1-13(7-8-31)21-24(41-43-11-29)20(34)27(39-21)38-16-5-3-15(4-6-16)9-14(2)26(35)30-17-18(32)19(33)23-25(37-12-36-23)22(17)40-42-10-28/h3-7,9,17-25,27,31-34H,8,10-12,28-29H2,1-2H3,(H,30,35)/b13-7+,14-9+/t17?,18-,19+,20-,21?,22+,23+,24-,25-,27+/m0/s1/i28TD,29TD,32T,33T,34T. The molecule has 43 heavy (non-hydrogen) atoms. The van der Waals surface area contributed by atoms with Crippen molar-refractivity contribution in [1.82, 2.24) is 5.32 Å². The van der Waals surface area contributed by atoms with Gasteiger partial charge in [0.1, 0.15) is 76.9 Å². The number of hydrogen-bond donors (Lipinski definition) is 5. The average Bonchev–Trinajstić information content (AvgIpc) is 3.70. The fourth-order valence-electron chi connectivity index (χ4n) is 5.06. The van der Waals surface area contributed by atoms with E-state index in [2.05, 4.69) is 5.32 Å². The number of fused-ring (bicyclic) bond motifs is 1. The minimum Gasteiger partial charge on any atom is -0.462 e. The van der Waals surface area contributed by atoms with Gasteiger partial charge in [0.2, 0.25) is 16.5 Å². The number of benzene rings is 1. The quantitative estimate of drug-likeness (QED) is 0.0552. The van der Waals surface area contributed by atoms with E-state index in [0.29, 0.717) is 16.9 Å². The van der Waals surface area contributed by atoms with Crippen LogP contribution in [0.15, 0.2) is 41.5 Å². The molecule has 4 rings (SSSR count). The van der Waals surface area contributed by atoms with Gasteiger partial charge in [-0.2, -0.15) is 0 Å². The summed E-state index contributed by atoms with van der Waals surface area (Å²) >= 11 is 1.74. The van der Waals surface area contributed by atoms with Crippen LogP contribution < -0.4 is 10.1 Å². The van der Waals surface area contributed by atoms with Crippen LogP contribution in [0.4, 0.5) is 0 Å². The van der Waals surface area contributed by atoms with E-state index in [-0.39, 0.29) is 30.3 Å². The molecule has 3 aliphatic rings. The lowest BCUT2D eigenvalue weighted by molar-refractivity contribution is -0.147. The molecule has 10 atom stereocenters. The van der Waals surface area contributed by atoms with Gasteiger partial charge in [0.25, 0.3) is 0 Å². The van der Waals surface area contributed by atoms with E-state index >= 15 is 0 Å². The molecule has 1 aromatic carbocycles. The third-order valence-electron chi connectivity index (χ3n) is 7.22. The van der Waals surface area contributed by atoms with E-state index in [1.807, 2.05) is 0 Å². The second kappa shape index (κ2) is 16.1. The molecular formula is C27H39B2NO11S2. The molecule has 1 amide bonds. The van der Waals surface area contributed by atoms with Crippen molar-refractivity contribution in [1.29, 1.82) is 9.64 Å². The maximum absolute atomic E-state index is 13.4. The molecule has 2 unspecified atom stereocenters.